The zero-order chi connectivity index (χ0) is 14.8. The van der Waals surface area contributed by atoms with Crippen molar-refractivity contribution in [3.8, 4) is 0 Å². The normalized spacial score (nSPS) is 11.2. The molecule has 1 aromatic carbocycles. The number of hydrogen-bond donors (Lipinski definition) is 2. The zero-order valence-electron chi connectivity index (χ0n) is 10.3. The molecule has 104 valence electrons. The summed E-state index contributed by atoms with van der Waals surface area (Å²) in [6, 6.07) is 0.835. The Bertz CT molecular complexity index is 506. The van der Waals surface area contributed by atoms with E-state index in [1.807, 2.05) is 5.32 Å². The first-order chi connectivity index (χ1) is 8.63. The van der Waals surface area contributed by atoms with Crippen molar-refractivity contribution in [2.24, 2.45) is 5.41 Å². The fourth-order valence-corrected chi connectivity index (χ4v) is 1.32. The van der Waals surface area contributed by atoms with Gasteiger partial charge in [-0.2, -0.15) is 0 Å². The number of carbonyl (C=O) groups is 2. The highest BCUT2D eigenvalue weighted by molar-refractivity contribution is 5.94. The summed E-state index contributed by atoms with van der Waals surface area (Å²) in [5, 5.41) is 10.7. The number of nitrogens with one attached hydrogen (secondary N) is 1. The van der Waals surface area contributed by atoms with Gasteiger partial charge in [0.15, 0.2) is 11.6 Å². The average Bonchev–Trinajstić information content (AvgIpc) is 2.22. The van der Waals surface area contributed by atoms with Crippen molar-refractivity contribution in [3.63, 3.8) is 0 Å². The van der Waals surface area contributed by atoms with Gasteiger partial charge in [-0.3, -0.25) is 9.59 Å². The number of hydrogen-bond acceptors (Lipinski definition) is 2. The van der Waals surface area contributed by atoms with Crippen molar-refractivity contribution in [2.75, 3.05) is 5.32 Å². The molecule has 0 aromatic heterocycles. The lowest BCUT2D eigenvalue weighted by Gasteiger charge is -2.18. The van der Waals surface area contributed by atoms with Crippen LogP contribution in [-0.4, -0.2) is 17.0 Å². The number of amides is 1. The van der Waals surface area contributed by atoms with Gasteiger partial charge in [0.25, 0.3) is 0 Å². The van der Waals surface area contributed by atoms with Crippen LogP contribution in [0.15, 0.2) is 12.1 Å². The van der Waals surface area contributed by atoms with Crippen molar-refractivity contribution in [1.82, 2.24) is 0 Å². The van der Waals surface area contributed by atoms with Gasteiger partial charge in [0.1, 0.15) is 11.5 Å². The number of carbonyl (C=O) groups excluding carboxylic acids is 1. The van der Waals surface area contributed by atoms with Crippen LogP contribution in [0.3, 0.4) is 0 Å². The summed E-state index contributed by atoms with van der Waals surface area (Å²) in [6.45, 7) is 2.60. The number of aliphatic carboxylic acids is 1. The second kappa shape index (κ2) is 5.29. The Balaban J connectivity index is 2.87. The Labute approximate surface area is 107 Å². The Hall–Kier alpha value is -2.05. The molecule has 0 unspecified atom stereocenters. The molecule has 19 heavy (non-hydrogen) atoms. The molecule has 0 bridgehead atoms. The van der Waals surface area contributed by atoms with Gasteiger partial charge in [-0.1, -0.05) is 0 Å². The van der Waals surface area contributed by atoms with Crippen molar-refractivity contribution < 1.29 is 27.9 Å². The van der Waals surface area contributed by atoms with Gasteiger partial charge in [0, 0.05) is 18.6 Å². The van der Waals surface area contributed by atoms with E-state index in [9.17, 15) is 22.8 Å². The van der Waals surface area contributed by atoms with E-state index in [1.165, 1.54) is 13.8 Å². The summed E-state index contributed by atoms with van der Waals surface area (Å²) >= 11 is 0. The number of carboxylic acids is 1. The van der Waals surface area contributed by atoms with Gasteiger partial charge in [-0.25, -0.2) is 13.2 Å². The minimum atomic E-state index is -1.38. The monoisotopic (exact) mass is 275 g/mol. The SMILES string of the molecule is CC(C)(CC(=O)Nc1c(F)cc(F)cc1F)C(=O)O. The Morgan fingerprint density at radius 3 is 2.11 bits per heavy atom. The molecule has 0 spiro atoms. The Kier molecular flexibility index (Phi) is 4.18. The standard InChI is InChI=1S/C12H12F3NO3/c1-12(2,11(18)19)5-9(17)16-10-7(14)3-6(13)4-8(10)15/h3-4H,5H2,1-2H3,(H,16,17)(H,18,19). The average molecular weight is 275 g/mol. The van der Waals surface area contributed by atoms with Crippen LogP contribution < -0.4 is 5.32 Å². The van der Waals surface area contributed by atoms with Crippen molar-refractivity contribution in [1.29, 1.82) is 0 Å². The van der Waals surface area contributed by atoms with E-state index in [0.717, 1.165) is 0 Å². The van der Waals surface area contributed by atoms with Gasteiger partial charge >= 0.3 is 5.97 Å². The first kappa shape index (κ1) is 15.0. The summed E-state index contributed by atoms with van der Waals surface area (Å²) in [4.78, 5) is 22.3. The van der Waals surface area contributed by atoms with Gasteiger partial charge in [-0.15, -0.1) is 0 Å². The van der Waals surface area contributed by atoms with Crippen LogP contribution in [0.2, 0.25) is 0 Å². The molecule has 1 aromatic rings. The van der Waals surface area contributed by atoms with Crippen molar-refractivity contribution >= 4 is 17.6 Å². The van der Waals surface area contributed by atoms with E-state index in [2.05, 4.69) is 0 Å². The van der Waals surface area contributed by atoms with E-state index < -0.39 is 46.9 Å². The smallest absolute Gasteiger partial charge is 0.309 e. The summed E-state index contributed by atoms with van der Waals surface area (Å²) in [7, 11) is 0. The summed E-state index contributed by atoms with van der Waals surface area (Å²) < 4.78 is 39.2. The molecule has 1 amide bonds. The Morgan fingerprint density at radius 2 is 1.68 bits per heavy atom. The minimum absolute atomic E-state index is 0.418. The maximum atomic E-state index is 13.3. The first-order valence-corrected chi connectivity index (χ1v) is 5.31. The van der Waals surface area contributed by atoms with E-state index >= 15 is 0 Å². The third-order valence-corrected chi connectivity index (χ3v) is 2.45. The molecule has 0 aliphatic rings. The summed E-state index contributed by atoms with van der Waals surface area (Å²) in [6.07, 6.45) is -0.474. The lowest BCUT2D eigenvalue weighted by Crippen LogP contribution is -2.30. The largest absolute Gasteiger partial charge is 0.481 e. The van der Waals surface area contributed by atoms with Gasteiger partial charge in [0.2, 0.25) is 5.91 Å². The molecule has 0 fully saturated rings. The first-order valence-electron chi connectivity index (χ1n) is 5.31. The number of rotatable bonds is 4. The highest BCUT2D eigenvalue weighted by Gasteiger charge is 2.30. The number of halogens is 3. The predicted molar refractivity (Wildman–Crippen MR) is 61.0 cm³/mol. The van der Waals surface area contributed by atoms with Crippen LogP contribution in [0, 0.1) is 22.9 Å². The fourth-order valence-electron chi connectivity index (χ4n) is 1.32. The van der Waals surface area contributed by atoms with Crippen molar-refractivity contribution in [3.05, 3.63) is 29.6 Å². The van der Waals surface area contributed by atoms with Crippen molar-refractivity contribution in [2.45, 2.75) is 20.3 Å². The molecule has 0 atom stereocenters. The van der Waals surface area contributed by atoms with Crippen LogP contribution in [-0.2, 0) is 9.59 Å². The molecule has 0 saturated carbocycles. The van der Waals surface area contributed by atoms with Gasteiger partial charge in [0.05, 0.1) is 5.41 Å². The van der Waals surface area contributed by atoms with Crippen LogP contribution in [0.25, 0.3) is 0 Å². The number of anilines is 1. The molecular weight excluding hydrogens is 263 g/mol. The number of carboxylic acid groups (broad SMARTS) is 1. The third kappa shape index (κ3) is 3.70. The summed E-state index contributed by atoms with van der Waals surface area (Å²) in [5.41, 5.74) is -2.18. The highest BCUT2D eigenvalue weighted by Crippen LogP contribution is 2.24. The van der Waals surface area contributed by atoms with Crippen LogP contribution in [0.1, 0.15) is 20.3 Å². The topological polar surface area (TPSA) is 66.4 Å². The second-order valence-corrected chi connectivity index (χ2v) is 4.66. The molecule has 0 heterocycles. The third-order valence-electron chi connectivity index (χ3n) is 2.45. The maximum absolute atomic E-state index is 13.3. The van der Waals surface area contributed by atoms with E-state index in [4.69, 9.17) is 5.11 Å². The lowest BCUT2D eigenvalue weighted by atomic mass is 9.89. The molecule has 0 saturated heterocycles. The highest BCUT2D eigenvalue weighted by atomic mass is 19.1. The van der Waals surface area contributed by atoms with E-state index in [-0.39, 0.29) is 0 Å². The lowest BCUT2D eigenvalue weighted by molar-refractivity contribution is -0.148. The maximum Gasteiger partial charge on any atom is 0.309 e. The predicted octanol–water partition coefficient (Wildman–Crippen LogP) is 2.54. The van der Waals surface area contributed by atoms with Crippen LogP contribution in [0.4, 0.5) is 18.9 Å². The molecular formula is C12H12F3NO3. The van der Waals surface area contributed by atoms with Gasteiger partial charge < -0.3 is 10.4 Å². The molecule has 4 nitrogen and oxygen atoms in total. The minimum Gasteiger partial charge on any atom is -0.481 e. The number of benzene rings is 1. The molecule has 2 N–H and O–H groups in total. The van der Waals surface area contributed by atoms with Crippen LogP contribution >= 0.6 is 0 Å². The van der Waals surface area contributed by atoms with E-state index in [1.54, 1.807) is 0 Å². The molecule has 0 aliphatic carbocycles. The fraction of sp³-hybridized carbons (Fsp3) is 0.333. The summed E-state index contributed by atoms with van der Waals surface area (Å²) in [5.74, 6) is -5.74. The zero-order valence-corrected chi connectivity index (χ0v) is 10.3. The Morgan fingerprint density at radius 1 is 1.21 bits per heavy atom. The van der Waals surface area contributed by atoms with Crippen LogP contribution in [0.5, 0.6) is 0 Å². The molecule has 7 heteroatoms. The molecule has 1 rings (SSSR count). The van der Waals surface area contributed by atoms with Gasteiger partial charge in [-0.05, 0) is 13.8 Å². The molecule has 0 radical (unpaired) electrons. The molecule has 0 aliphatic heterocycles. The van der Waals surface area contributed by atoms with E-state index in [0.29, 0.717) is 12.1 Å². The quantitative estimate of drug-likeness (QED) is 0.887. The second-order valence-electron chi connectivity index (χ2n) is 4.66.